The number of nitrogens with zero attached hydrogens (tertiary/aromatic N) is 2. The van der Waals surface area contributed by atoms with Gasteiger partial charge in [-0.25, -0.2) is 4.98 Å². The fourth-order valence-corrected chi connectivity index (χ4v) is 1.68. The Labute approximate surface area is 114 Å². The topological polar surface area (TPSA) is 51.7 Å². The molecule has 1 aromatic heterocycles. The van der Waals surface area contributed by atoms with Gasteiger partial charge in [0.2, 0.25) is 11.8 Å². The third-order valence-corrected chi connectivity index (χ3v) is 2.84. The molecule has 0 aromatic carbocycles. The number of carbonyl (C=O) groups is 1. The number of rotatable bonds is 8. The van der Waals surface area contributed by atoms with Gasteiger partial charge in [0.1, 0.15) is 0 Å². The third-order valence-electron chi connectivity index (χ3n) is 2.84. The fraction of sp³-hybridized carbons (Fsp3) is 0.571. The van der Waals surface area contributed by atoms with E-state index < -0.39 is 0 Å². The van der Waals surface area contributed by atoms with Gasteiger partial charge in [-0.3, -0.25) is 4.79 Å². The molecule has 1 aromatic rings. The standard InChI is InChI=1S/C14H22N2O3/c1-16(9-4-5-10-18-2)14(17)11-12-7-6-8-13(15-12)19-3/h6-8H,4-5,9-11H2,1-3H3. The molecule has 0 aliphatic heterocycles. The minimum absolute atomic E-state index is 0.0677. The summed E-state index contributed by atoms with van der Waals surface area (Å²) in [4.78, 5) is 18.0. The van der Waals surface area contributed by atoms with Crippen molar-refractivity contribution in [2.45, 2.75) is 19.3 Å². The fourth-order valence-electron chi connectivity index (χ4n) is 1.68. The molecule has 0 saturated carbocycles. The van der Waals surface area contributed by atoms with Crippen LogP contribution in [0.5, 0.6) is 5.88 Å². The Morgan fingerprint density at radius 3 is 2.79 bits per heavy atom. The molecule has 0 aliphatic carbocycles. The van der Waals surface area contributed by atoms with Gasteiger partial charge in [-0.15, -0.1) is 0 Å². The molecular weight excluding hydrogens is 244 g/mol. The van der Waals surface area contributed by atoms with Crippen LogP contribution < -0.4 is 4.74 Å². The van der Waals surface area contributed by atoms with Crippen LogP contribution in [0, 0.1) is 0 Å². The average Bonchev–Trinajstić information content (AvgIpc) is 2.43. The number of aromatic nitrogens is 1. The smallest absolute Gasteiger partial charge is 0.228 e. The lowest BCUT2D eigenvalue weighted by molar-refractivity contribution is -0.129. The number of hydrogen-bond donors (Lipinski definition) is 0. The number of likely N-dealkylation sites (N-methyl/N-ethyl adjacent to an activating group) is 1. The van der Waals surface area contributed by atoms with E-state index >= 15 is 0 Å². The average molecular weight is 266 g/mol. The van der Waals surface area contributed by atoms with E-state index in [0.29, 0.717) is 12.3 Å². The number of methoxy groups -OCH3 is 2. The Bertz CT molecular complexity index is 396. The minimum Gasteiger partial charge on any atom is -0.481 e. The summed E-state index contributed by atoms with van der Waals surface area (Å²) < 4.78 is 10.0. The minimum atomic E-state index is 0.0677. The molecular formula is C14H22N2O3. The van der Waals surface area contributed by atoms with Crippen LogP contribution >= 0.6 is 0 Å². The van der Waals surface area contributed by atoms with Crippen molar-refractivity contribution in [2.24, 2.45) is 0 Å². The first kappa shape index (κ1) is 15.4. The Balaban J connectivity index is 2.40. The largest absolute Gasteiger partial charge is 0.481 e. The molecule has 0 aliphatic rings. The van der Waals surface area contributed by atoms with Crippen LogP contribution in [0.4, 0.5) is 0 Å². The predicted molar refractivity (Wildman–Crippen MR) is 73.2 cm³/mol. The second-order valence-corrected chi connectivity index (χ2v) is 4.36. The van der Waals surface area contributed by atoms with E-state index in [2.05, 4.69) is 4.98 Å². The zero-order valence-corrected chi connectivity index (χ0v) is 11.9. The van der Waals surface area contributed by atoms with Gasteiger partial charge in [0.15, 0.2) is 0 Å². The van der Waals surface area contributed by atoms with Crippen LogP contribution in [0.3, 0.4) is 0 Å². The Kier molecular flexibility index (Phi) is 6.89. The van der Waals surface area contributed by atoms with E-state index in [-0.39, 0.29) is 5.91 Å². The molecule has 1 rings (SSSR count). The van der Waals surface area contributed by atoms with E-state index in [9.17, 15) is 4.79 Å². The van der Waals surface area contributed by atoms with Crippen molar-refractivity contribution in [3.8, 4) is 5.88 Å². The Morgan fingerprint density at radius 1 is 1.32 bits per heavy atom. The molecule has 0 radical (unpaired) electrons. The SMILES string of the molecule is COCCCCN(C)C(=O)Cc1cccc(OC)n1. The normalized spacial score (nSPS) is 10.3. The lowest BCUT2D eigenvalue weighted by Crippen LogP contribution is -2.29. The first-order chi connectivity index (χ1) is 9.17. The van der Waals surface area contributed by atoms with Gasteiger partial charge in [-0.05, 0) is 18.9 Å². The summed E-state index contributed by atoms with van der Waals surface area (Å²) in [6.45, 7) is 1.48. The Morgan fingerprint density at radius 2 is 2.11 bits per heavy atom. The highest BCUT2D eigenvalue weighted by molar-refractivity contribution is 5.78. The summed E-state index contributed by atoms with van der Waals surface area (Å²) in [6, 6.07) is 5.44. The molecule has 0 unspecified atom stereocenters. The molecule has 1 amide bonds. The summed E-state index contributed by atoms with van der Waals surface area (Å²) in [5.41, 5.74) is 0.730. The number of amides is 1. The van der Waals surface area contributed by atoms with Crippen LogP contribution in [0.1, 0.15) is 18.5 Å². The van der Waals surface area contributed by atoms with E-state index in [1.54, 1.807) is 25.2 Å². The lowest BCUT2D eigenvalue weighted by Gasteiger charge is -2.16. The molecule has 0 spiro atoms. The predicted octanol–water partition coefficient (Wildman–Crippen LogP) is 1.52. The molecule has 0 fully saturated rings. The maximum atomic E-state index is 12.0. The van der Waals surface area contributed by atoms with Gasteiger partial charge in [0, 0.05) is 33.4 Å². The van der Waals surface area contributed by atoms with E-state index in [4.69, 9.17) is 9.47 Å². The maximum absolute atomic E-state index is 12.0. The van der Waals surface area contributed by atoms with Crippen LogP contribution in [-0.4, -0.2) is 50.2 Å². The van der Waals surface area contributed by atoms with E-state index in [0.717, 1.165) is 31.7 Å². The van der Waals surface area contributed by atoms with Crippen molar-refractivity contribution in [1.82, 2.24) is 9.88 Å². The monoisotopic (exact) mass is 266 g/mol. The molecule has 5 nitrogen and oxygen atoms in total. The number of ether oxygens (including phenoxy) is 2. The molecule has 0 bridgehead atoms. The van der Waals surface area contributed by atoms with Crippen molar-refractivity contribution < 1.29 is 14.3 Å². The Hall–Kier alpha value is -1.62. The molecule has 106 valence electrons. The molecule has 5 heteroatoms. The molecule has 0 saturated heterocycles. The summed E-state index contributed by atoms with van der Waals surface area (Å²) in [7, 11) is 5.06. The van der Waals surface area contributed by atoms with Crippen molar-refractivity contribution in [1.29, 1.82) is 0 Å². The van der Waals surface area contributed by atoms with E-state index in [1.165, 1.54) is 0 Å². The summed E-state index contributed by atoms with van der Waals surface area (Å²) in [5.74, 6) is 0.603. The van der Waals surface area contributed by atoms with Gasteiger partial charge >= 0.3 is 0 Å². The highest BCUT2D eigenvalue weighted by Crippen LogP contribution is 2.08. The van der Waals surface area contributed by atoms with Gasteiger partial charge in [0.25, 0.3) is 0 Å². The van der Waals surface area contributed by atoms with E-state index in [1.807, 2.05) is 19.2 Å². The second kappa shape index (κ2) is 8.48. The van der Waals surface area contributed by atoms with Crippen molar-refractivity contribution in [3.63, 3.8) is 0 Å². The number of hydrogen-bond acceptors (Lipinski definition) is 4. The van der Waals surface area contributed by atoms with Crippen LogP contribution in [-0.2, 0) is 16.0 Å². The number of pyridine rings is 1. The third kappa shape index (κ3) is 5.70. The van der Waals surface area contributed by atoms with Crippen molar-refractivity contribution >= 4 is 5.91 Å². The highest BCUT2D eigenvalue weighted by atomic mass is 16.5. The summed E-state index contributed by atoms with van der Waals surface area (Å²) in [5, 5.41) is 0. The van der Waals surface area contributed by atoms with Gasteiger partial charge in [-0.1, -0.05) is 6.07 Å². The zero-order valence-electron chi connectivity index (χ0n) is 11.9. The number of carbonyl (C=O) groups excluding carboxylic acids is 1. The maximum Gasteiger partial charge on any atom is 0.228 e. The molecule has 19 heavy (non-hydrogen) atoms. The first-order valence-corrected chi connectivity index (χ1v) is 6.40. The second-order valence-electron chi connectivity index (χ2n) is 4.36. The van der Waals surface area contributed by atoms with Crippen LogP contribution in [0.25, 0.3) is 0 Å². The van der Waals surface area contributed by atoms with Crippen LogP contribution in [0.15, 0.2) is 18.2 Å². The van der Waals surface area contributed by atoms with Crippen LogP contribution in [0.2, 0.25) is 0 Å². The van der Waals surface area contributed by atoms with Crippen molar-refractivity contribution in [2.75, 3.05) is 34.4 Å². The number of unbranched alkanes of at least 4 members (excludes halogenated alkanes) is 1. The van der Waals surface area contributed by atoms with Gasteiger partial charge in [-0.2, -0.15) is 0 Å². The van der Waals surface area contributed by atoms with Gasteiger partial charge in [0.05, 0.1) is 19.2 Å². The molecule has 0 atom stereocenters. The lowest BCUT2D eigenvalue weighted by atomic mass is 10.2. The van der Waals surface area contributed by atoms with Crippen molar-refractivity contribution in [3.05, 3.63) is 23.9 Å². The first-order valence-electron chi connectivity index (χ1n) is 6.40. The zero-order chi connectivity index (χ0) is 14.1. The quantitative estimate of drug-likeness (QED) is 0.669. The summed E-state index contributed by atoms with van der Waals surface area (Å²) >= 11 is 0. The highest BCUT2D eigenvalue weighted by Gasteiger charge is 2.10. The molecule has 1 heterocycles. The summed E-state index contributed by atoms with van der Waals surface area (Å²) in [6.07, 6.45) is 2.21. The van der Waals surface area contributed by atoms with Gasteiger partial charge < -0.3 is 14.4 Å². The molecule has 0 N–H and O–H groups in total.